The van der Waals surface area contributed by atoms with Crippen molar-refractivity contribution in [1.29, 1.82) is 0 Å². The van der Waals surface area contributed by atoms with Crippen molar-refractivity contribution in [2.75, 3.05) is 19.8 Å². The molecule has 3 heteroatoms. The summed E-state index contributed by atoms with van der Waals surface area (Å²) in [5, 5.41) is 4.91. The van der Waals surface area contributed by atoms with E-state index < -0.39 is 0 Å². The second-order valence-electron chi connectivity index (χ2n) is 5.81. The van der Waals surface area contributed by atoms with Gasteiger partial charge in [0.15, 0.2) is 0 Å². The van der Waals surface area contributed by atoms with Crippen LogP contribution in [-0.4, -0.2) is 24.7 Å². The fourth-order valence-corrected chi connectivity index (χ4v) is 3.12. The Hall–Kier alpha value is -1.45. The highest BCUT2D eigenvalue weighted by molar-refractivity contribution is 5.78. The monoisotopic (exact) mass is 284 g/mol. The molecule has 2 aromatic rings. The molecule has 0 bridgehead atoms. The molecule has 21 heavy (non-hydrogen) atoms. The van der Waals surface area contributed by atoms with Gasteiger partial charge in [-0.05, 0) is 43.9 Å². The number of pyridine rings is 1. The molecule has 1 N–H and O–H groups in total. The first kappa shape index (κ1) is 14.5. The Bertz CT molecular complexity index is 578. The molecule has 0 saturated carbocycles. The number of hydrogen-bond donors (Lipinski definition) is 1. The van der Waals surface area contributed by atoms with Crippen LogP contribution in [0.3, 0.4) is 0 Å². The van der Waals surface area contributed by atoms with E-state index in [1.54, 1.807) is 0 Å². The Morgan fingerprint density at radius 2 is 2.00 bits per heavy atom. The molecule has 1 unspecified atom stereocenters. The van der Waals surface area contributed by atoms with Gasteiger partial charge in [-0.3, -0.25) is 4.98 Å². The highest BCUT2D eigenvalue weighted by Crippen LogP contribution is 2.30. The van der Waals surface area contributed by atoms with Gasteiger partial charge >= 0.3 is 0 Å². The molecule has 0 radical (unpaired) electrons. The highest BCUT2D eigenvalue weighted by Gasteiger charge is 2.26. The van der Waals surface area contributed by atoms with Crippen LogP contribution >= 0.6 is 0 Å². The number of ether oxygens (including phenoxy) is 1. The van der Waals surface area contributed by atoms with Gasteiger partial charge in [-0.15, -0.1) is 0 Å². The Morgan fingerprint density at radius 3 is 2.81 bits per heavy atom. The summed E-state index contributed by atoms with van der Waals surface area (Å²) in [6.45, 7) is 5.00. The Kier molecular flexibility index (Phi) is 4.84. The van der Waals surface area contributed by atoms with Crippen LogP contribution in [0.2, 0.25) is 0 Å². The topological polar surface area (TPSA) is 34.2 Å². The molecule has 1 aromatic carbocycles. The van der Waals surface area contributed by atoms with Crippen molar-refractivity contribution in [2.45, 2.75) is 32.2 Å². The zero-order valence-electron chi connectivity index (χ0n) is 12.7. The van der Waals surface area contributed by atoms with Crippen molar-refractivity contribution in [3.05, 3.63) is 42.1 Å². The van der Waals surface area contributed by atoms with Gasteiger partial charge in [-0.1, -0.05) is 31.2 Å². The van der Waals surface area contributed by atoms with E-state index in [1.165, 1.54) is 11.1 Å². The van der Waals surface area contributed by atoms with Gasteiger partial charge < -0.3 is 10.1 Å². The fraction of sp³-hybridized carbons (Fsp3) is 0.500. The van der Waals surface area contributed by atoms with Crippen molar-refractivity contribution >= 4 is 10.9 Å². The number of fused-ring (bicyclic) bond motifs is 1. The summed E-state index contributed by atoms with van der Waals surface area (Å²) in [5.74, 6) is 0.624. The van der Waals surface area contributed by atoms with E-state index in [-0.39, 0.29) is 0 Å². The first-order valence-electron chi connectivity index (χ1n) is 8.05. The molecule has 3 nitrogen and oxygen atoms in total. The van der Waals surface area contributed by atoms with Gasteiger partial charge in [0.25, 0.3) is 0 Å². The lowest BCUT2D eigenvalue weighted by Gasteiger charge is -2.31. The van der Waals surface area contributed by atoms with Crippen molar-refractivity contribution in [1.82, 2.24) is 10.3 Å². The summed E-state index contributed by atoms with van der Waals surface area (Å²) in [7, 11) is 0. The van der Waals surface area contributed by atoms with E-state index in [0.29, 0.717) is 12.0 Å². The summed E-state index contributed by atoms with van der Waals surface area (Å²) >= 11 is 0. The molecule has 1 aliphatic heterocycles. The van der Waals surface area contributed by atoms with Crippen LogP contribution < -0.4 is 5.32 Å². The van der Waals surface area contributed by atoms with Crippen LogP contribution in [-0.2, 0) is 4.74 Å². The molecule has 0 amide bonds. The Morgan fingerprint density at radius 1 is 1.19 bits per heavy atom. The van der Waals surface area contributed by atoms with Crippen LogP contribution in [0.4, 0.5) is 0 Å². The second kappa shape index (κ2) is 7.01. The zero-order valence-corrected chi connectivity index (χ0v) is 12.7. The standard InChI is InChI=1S/C18H24N2O/c1-2-11-19-18(15-9-12-21-13-10-15)17-8-7-14-5-3-4-6-16(14)20-17/h3-8,15,18-19H,2,9-13H2,1H3. The summed E-state index contributed by atoms with van der Waals surface area (Å²) < 4.78 is 5.51. The van der Waals surface area contributed by atoms with Gasteiger partial charge in [-0.25, -0.2) is 0 Å². The quantitative estimate of drug-likeness (QED) is 0.909. The lowest BCUT2D eigenvalue weighted by Crippen LogP contribution is -2.33. The Balaban J connectivity index is 1.88. The molecule has 1 fully saturated rings. The van der Waals surface area contributed by atoms with E-state index >= 15 is 0 Å². The van der Waals surface area contributed by atoms with Gasteiger partial charge in [0.2, 0.25) is 0 Å². The minimum Gasteiger partial charge on any atom is -0.381 e. The number of nitrogens with one attached hydrogen (secondary N) is 1. The third-order valence-electron chi connectivity index (χ3n) is 4.29. The molecule has 2 heterocycles. The number of aromatic nitrogens is 1. The minimum atomic E-state index is 0.346. The molecular formula is C18H24N2O. The Labute approximate surface area is 126 Å². The number of rotatable bonds is 5. The predicted molar refractivity (Wildman–Crippen MR) is 86.3 cm³/mol. The van der Waals surface area contributed by atoms with Crippen LogP contribution in [0.15, 0.2) is 36.4 Å². The summed E-state index contributed by atoms with van der Waals surface area (Å²) in [4.78, 5) is 4.90. The predicted octanol–water partition coefficient (Wildman–Crippen LogP) is 3.70. The molecule has 3 rings (SSSR count). The highest BCUT2D eigenvalue weighted by atomic mass is 16.5. The van der Waals surface area contributed by atoms with Crippen molar-refractivity contribution in [2.24, 2.45) is 5.92 Å². The second-order valence-corrected chi connectivity index (χ2v) is 5.81. The zero-order chi connectivity index (χ0) is 14.5. The van der Waals surface area contributed by atoms with Crippen molar-refractivity contribution < 1.29 is 4.74 Å². The maximum absolute atomic E-state index is 5.51. The third-order valence-corrected chi connectivity index (χ3v) is 4.29. The average Bonchev–Trinajstić information content (AvgIpc) is 2.56. The molecular weight excluding hydrogens is 260 g/mol. The molecule has 1 atom stereocenters. The first-order valence-corrected chi connectivity index (χ1v) is 8.05. The van der Waals surface area contributed by atoms with E-state index in [4.69, 9.17) is 9.72 Å². The molecule has 0 aliphatic carbocycles. The summed E-state index contributed by atoms with van der Waals surface area (Å²) in [5.41, 5.74) is 2.26. The van der Waals surface area contributed by atoms with E-state index in [2.05, 4.69) is 48.6 Å². The lowest BCUT2D eigenvalue weighted by atomic mass is 9.89. The molecule has 112 valence electrons. The van der Waals surface area contributed by atoms with Crippen LogP contribution in [0.5, 0.6) is 0 Å². The lowest BCUT2D eigenvalue weighted by molar-refractivity contribution is 0.0531. The van der Waals surface area contributed by atoms with Crippen molar-refractivity contribution in [3.8, 4) is 0 Å². The smallest absolute Gasteiger partial charge is 0.0706 e. The molecule has 1 saturated heterocycles. The summed E-state index contributed by atoms with van der Waals surface area (Å²) in [6.07, 6.45) is 3.39. The van der Waals surface area contributed by atoms with E-state index in [0.717, 1.165) is 44.5 Å². The minimum absolute atomic E-state index is 0.346. The number of nitrogens with zero attached hydrogens (tertiary/aromatic N) is 1. The van der Waals surface area contributed by atoms with Crippen molar-refractivity contribution in [3.63, 3.8) is 0 Å². The number of para-hydroxylation sites is 1. The maximum Gasteiger partial charge on any atom is 0.0706 e. The normalized spacial score (nSPS) is 18.0. The third kappa shape index (κ3) is 3.42. The van der Waals surface area contributed by atoms with Gasteiger partial charge in [0.1, 0.15) is 0 Å². The largest absolute Gasteiger partial charge is 0.381 e. The van der Waals surface area contributed by atoms with Gasteiger partial charge in [-0.2, -0.15) is 0 Å². The van der Waals surface area contributed by atoms with Crippen LogP contribution in [0, 0.1) is 5.92 Å². The molecule has 1 aliphatic rings. The average molecular weight is 284 g/mol. The van der Waals surface area contributed by atoms with Crippen LogP contribution in [0.25, 0.3) is 10.9 Å². The first-order chi connectivity index (χ1) is 10.4. The maximum atomic E-state index is 5.51. The fourth-order valence-electron chi connectivity index (χ4n) is 3.12. The van der Waals surface area contributed by atoms with E-state index in [1.807, 2.05) is 0 Å². The van der Waals surface area contributed by atoms with E-state index in [9.17, 15) is 0 Å². The number of hydrogen-bond acceptors (Lipinski definition) is 3. The van der Waals surface area contributed by atoms with Gasteiger partial charge in [0.05, 0.1) is 17.3 Å². The number of benzene rings is 1. The van der Waals surface area contributed by atoms with Gasteiger partial charge in [0, 0.05) is 18.6 Å². The van der Waals surface area contributed by atoms with Crippen LogP contribution in [0.1, 0.15) is 37.9 Å². The summed E-state index contributed by atoms with van der Waals surface area (Å²) in [6, 6.07) is 13.1. The SMILES string of the molecule is CCCNC(c1ccc2ccccc2n1)C1CCOCC1. The molecule has 0 spiro atoms. The molecule has 1 aromatic heterocycles.